The van der Waals surface area contributed by atoms with E-state index >= 15 is 0 Å². The van der Waals surface area contributed by atoms with E-state index in [2.05, 4.69) is 5.10 Å². The summed E-state index contributed by atoms with van der Waals surface area (Å²) in [5, 5.41) is 15.9. The van der Waals surface area contributed by atoms with Gasteiger partial charge in [-0.25, -0.2) is 0 Å². The number of halogens is 2. The fourth-order valence-electron chi connectivity index (χ4n) is 2.83. The third kappa shape index (κ3) is 2.63. The number of aryl methyl sites for hydroxylation is 2. The Labute approximate surface area is 133 Å². The topological polar surface area (TPSA) is 47.3 Å². The van der Waals surface area contributed by atoms with E-state index in [1.54, 1.807) is 11.7 Å². The highest BCUT2D eigenvalue weighted by Gasteiger charge is 2.24. The molecule has 3 rings (SSSR count). The van der Waals surface area contributed by atoms with Crippen molar-refractivity contribution in [1.29, 1.82) is 0 Å². The molecular weight excluding hydrogens is 311 g/mol. The summed E-state index contributed by atoms with van der Waals surface area (Å²) in [5.74, 6) is 0.844. The zero-order valence-electron chi connectivity index (χ0n) is 11.9. The van der Waals surface area contributed by atoms with Crippen LogP contribution < -0.4 is 4.74 Å². The molecule has 2 aromatic rings. The Morgan fingerprint density at radius 2 is 2.19 bits per heavy atom. The molecule has 0 aliphatic carbocycles. The van der Waals surface area contributed by atoms with Crippen molar-refractivity contribution >= 4 is 23.2 Å². The zero-order valence-corrected chi connectivity index (χ0v) is 13.4. The van der Waals surface area contributed by atoms with E-state index in [1.165, 1.54) is 0 Å². The predicted octanol–water partition coefficient (Wildman–Crippen LogP) is 3.25. The van der Waals surface area contributed by atoms with E-state index < -0.39 is 6.10 Å². The molecule has 0 saturated carbocycles. The quantitative estimate of drug-likeness (QED) is 0.941. The normalized spacial score (nSPS) is 14.9. The number of aromatic nitrogens is 2. The van der Waals surface area contributed by atoms with Crippen LogP contribution >= 0.6 is 23.2 Å². The summed E-state index contributed by atoms with van der Waals surface area (Å²) in [6, 6.07) is 3.76. The molecule has 0 amide bonds. The van der Waals surface area contributed by atoms with Crippen molar-refractivity contribution < 1.29 is 9.84 Å². The molecule has 1 atom stereocenters. The SMILES string of the molecule is Cc1nn(C)c(Cl)c1C(O)Cc1cc(Cl)cc2c1OCC2. The van der Waals surface area contributed by atoms with Gasteiger partial charge in [0.05, 0.1) is 18.4 Å². The first-order valence-corrected chi connectivity index (χ1v) is 7.54. The fraction of sp³-hybridized carbons (Fsp3) is 0.400. The highest BCUT2D eigenvalue weighted by Crippen LogP contribution is 2.36. The van der Waals surface area contributed by atoms with Gasteiger partial charge in [0, 0.05) is 30.5 Å². The molecule has 1 aliphatic heterocycles. The molecule has 1 N–H and O–H groups in total. The molecule has 21 heavy (non-hydrogen) atoms. The van der Waals surface area contributed by atoms with Crippen molar-refractivity contribution in [3.05, 3.63) is 44.7 Å². The van der Waals surface area contributed by atoms with Crippen molar-refractivity contribution in [1.82, 2.24) is 9.78 Å². The largest absolute Gasteiger partial charge is 0.493 e. The van der Waals surface area contributed by atoms with Gasteiger partial charge in [-0.15, -0.1) is 0 Å². The van der Waals surface area contributed by atoms with E-state index in [-0.39, 0.29) is 0 Å². The minimum Gasteiger partial charge on any atom is -0.493 e. The molecule has 1 aliphatic rings. The Morgan fingerprint density at radius 1 is 1.43 bits per heavy atom. The van der Waals surface area contributed by atoms with E-state index in [1.807, 2.05) is 19.1 Å². The van der Waals surface area contributed by atoms with Crippen LogP contribution in [0.3, 0.4) is 0 Å². The predicted molar refractivity (Wildman–Crippen MR) is 82.3 cm³/mol. The van der Waals surface area contributed by atoms with Gasteiger partial charge in [0.25, 0.3) is 0 Å². The van der Waals surface area contributed by atoms with Gasteiger partial charge in [-0.3, -0.25) is 4.68 Å². The Balaban J connectivity index is 1.94. The van der Waals surface area contributed by atoms with Crippen LogP contribution in [0.2, 0.25) is 10.2 Å². The lowest BCUT2D eigenvalue weighted by molar-refractivity contribution is 0.176. The van der Waals surface area contributed by atoms with Gasteiger partial charge in [0.15, 0.2) is 0 Å². The average Bonchev–Trinajstić information content (AvgIpc) is 2.95. The Bertz CT molecular complexity index is 697. The van der Waals surface area contributed by atoms with Gasteiger partial charge in [0.2, 0.25) is 0 Å². The zero-order chi connectivity index (χ0) is 15.1. The second kappa shape index (κ2) is 5.52. The second-order valence-corrected chi connectivity index (χ2v) is 6.08. The average molecular weight is 327 g/mol. The van der Waals surface area contributed by atoms with Gasteiger partial charge in [0.1, 0.15) is 10.9 Å². The molecule has 0 spiro atoms. The van der Waals surface area contributed by atoms with E-state index in [0.29, 0.717) is 28.8 Å². The van der Waals surface area contributed by atoms with E-state index in [9.17, 15) is 5.11 Å². The molecule has 4 nitrogen and oxygen atoms in total. The molecule has 1 unspecified atom stereocenters. The monoisotopic (exact) mass is 326 g/mol. The number of hydrogen-bond acceptors (Lipinski definition) is 3. The van der Waals surface area contributed by atoms with Gasteiger partial charge in [-0.1, -0.05) is 23.2 Å². The first-order valence-electron chi connectivity index (χ1n) is 6.78. The van der Waals surface area contributed by atoms with Crippen LogP contribution in [0.4, 0.5) is 0 Å². The summed E-state index contributed by atoms with van der Waals surface area (Å²) in [4.78, 5) is 0. The number of aliphatic hydroxyl groups is 1. The molecular formula is C15H16Cl2N2O2. The third-order valence-corrected chi connectivity index (χ3v) is 4.43. The van der Waals surface area contributed by atoms with Crippen LogP contribution in [0, 0.1) is 6.92 Å². The highest BCUT2D eigenvalue weighted by molar-refractivity contribution is 6.31. The first-order chi connectivity index (χ1) is 9.97. The molecule has 1 aromatic carbocycles. The first kappa shape index (κ1) is 14.7. The number of fused-ring (bicyclic) bond motifs is 1. The van der Waals surface area contributed by atoms with Crippen molar-refractivity contribution in [2.24, 2.45) is 7.05 Å². The van der Waals surface area contributed by atoms with E-state index in [0.717, 1.165) is 29.0 Å². The summed E-state index contributed by atoms with van der Waals surface area (Å²) < 4.78 is 7.23. The lowest BCUT2D eigenvalue weighted by atomic mass is 9.99. The van der Waals surface area contributed by atoms with Gasteiger partial charge in [-0.2, -0.15) is 5.10 Å². The molecule has 2 heterocycles. The number of ether oxygens (including phenoxy) is 1. The lowest BCUT2D eigenvalue weighted by Crippen LogP contribution is -2.05. The Kier molecular flexibility index (Phi) is 3.86. The number of rotatable bonds is 3. The van der Waals surface area contributed by atoms with Crippen molar-refractivity contribution in [3.63, 3.8) is 0 Å². The molecule has 0 radical (unpaired) electrons. The second-order valence-electron chi connectivity index (χ2n) is 5.29. The maximum Gasteiger partial charge on any atom is 0.132 e. The van der Waals surface area contributed by atoms with Crippen LogP contribution in [-0.2, 0) is 19.9 Å². The van der Waals surface area contributed by atoms with E-state index in [4.69, 9.17) is 27.9 Å². The van der Waals surface area contributed by atoms with Crippen LogP contribution in [0.15, 0.2) is 12.1 Å². The molecule has 1 aromatic heterocycles. The molecule has 112 valence electrons. The minimum absolute atomic E-state index is 0.398. The van der Waals surface area contributed by atoms with Gasteiger partial charge >= 0.3 is 0 Å². The van der Waals surface area contributed by atoms with Crippen molar-refractivity contribution in [3.8, 4) is 5.75 Å². The van der Waals surface area contributed by atoms with Gasteiger partial charge < -0.3 is 9.84 Å². The summed E-state index contributed by atoms with van der Waals surface area (Å²) >= 11 is 12.4. The Hall–Kier alpha value is -1.23. The van der Waals surface area contributed by atoms with Crippen LogP contribution in [0.1, 0.15) is 28.5 Å². The van der Waals surface area contributed by atoms with Gasteiger partial charge in [-0.05, 0) is 30.2 Å². The molecule has 0 saturated heterocycles. The smallest absolute Gasteiger partial charge is 0.132 e. The maximum absolute atomic E-state index is 10.5. The summed E-state index contributed by atoms with van der Waals surface area (Å²) in [6.45, 7) is 2.49. The summed E-state index contributed by atoms with van der Waals surface area (Å²) in [7, 11) is 1.76. The summed E-state index contributed by atoms with van der Waals surface area (Å²) in [5.41, 5.74) is 3.39. The molecule has 0 bridgehead atoms. The maximum atomic E-state index is 10.5. The Morgan fingerprint density at radius 3 is 2.86 bits per heavy atom. The van der Waals surface area contributed by atoms with Crippen LogP contribution in [0.5, 0.6) is 5.75 Å². The highest BCUT2D eigenvalue weighted by atomic mass is 35.5. The summed E-state index contributed by atoms with van der Waals surface area (Å²) in [6.07, 6.45) is 0.513. The standard InChI is InChI=1S/C15H16Cl2N2O2/c1-8-13(15(17)19(2)18-8)12(20)7-10-6-11(16)5-9-3-4-21-14(9)10/h5-6,12,20H,3-4,7H2,1-2H3. The van der Waals surface area contributed by atoms with Crippen molar-refractivity contribution in [2.45, 2.75) is 25.9 Å². The lowest BCUT2D eigenvalue weighted by Gasteiger charge is -2.14. The molecule has 0 fully saturated rings. The molecule has 6 heteroatoms. The van der Waals surface area contributed by atoms with Crippen molar-refractivity contribution in [2.75, 3.05) is 6.61 Å². The third-order valence-electron chi connectivity index (χ3n) is 3.77. The van der Waals surface area contributed by atoms with Crippen LogP contribution in [0.25, 0.3) is 0 Å². The number of benzene rings is 1. The number of hydrogen-bond donors (Lipinski definition) is 1. The number of nitrogens with zero attached hydrogens (tertiary/aromatic N) is 2. The fourth-order valence-corrected chi connectivity index (χ4v) is 3.40. The minimum atomic E-state index is -0.738. The van der Waals surface area contributed by atoms with Crippen LogP contribution in [-0.4, -0.2) is 21.5 Å². The number of aliphatic hydroxyl groups excluding tert-OH is 1.